The zero-order chi connectivity index (χ0) is 14.8. The lowest BCUT2D eigenvalue weighted by Crippen LogP contribution is -2.51. The SMILES string of the molecule is CN(C(=O)C1CCCCC1C(F)(F)F)C(C)(C)CCl. The lowest BCUT2D eigenvalue weighted by Gasteiger charge is -2.40. The number of hydrogen-bond donors (Lipinski definition) is 0. The van der Waals surface area contributed by atoms with Crippen molar-refractivity contribution in [2.45, 2.75) is 51.2 Å². The first-order chi connectivity index (χ1) is 8.61. The number of halogens is 4. The number of nitrogens with zero attached hydrogens (tertiary/aromatic N) is 1. The quantitative estimate of drug-likeness (QED) is 0.725. The largest absolute Gasteiger partial charge is 0.392 e. The van der Waals surface area contributed by atoms with Gasteiger partial charge >= 0.3 is 6.18 Å². The molecule has 0 spiro atoms. The molecule has 0 bridgehead atoms. The normalized spacial score (nSPS) is 25.2. The van der Waals surface area contributed by atoms with Crippen LogP contribution in [0.1, 0.15) is 39.5 Å². The summed E-state index contributed by atoms with van der Waals surface area (Å²) in [6.07, 6.45) is -2.72. The van der Waals surface area contributed by atoms with Gasteiger partial charge in [0.1, 0.15) is 0 Å². The van der Waals surface area contributed by atoms with E-state index in [4.69, 9.17) is 11.6 Å². The van der Waals surface area contributed by atoms with Gasteiger partial charge in [0.2, 0.25) is 5.91 Å². The summed E-state index contributed by atoms with van der Waals surface area (Å²) >= 11 is 5.78. The van der Waals surface area contributed by atoms with Gasteiger partial charge in [-0.15, -0.1) is 11.6 Å². The molecule has 2 atom stereocenters. The molecule has 1 aliphatic rings. The van der Waals surface area contributed by atoms with Gasteiger partial charge in [-0.3, -0.25) is 4.79 Å². The molecule has 0 heterocycles. The second-order valence-electron chi connectivity index (χ2n) is 5.88. The Labute approximate surface area is 117 Å². The molecule has 0 N–H and O–H groups in total. The molecule has 0 aromatic carbocycles. The van der Waals surface area contributed by atoms with E-state index in [1.807, 2.05) is 0 Å². The van der Waals surface area contributed by atoms with Crippen molar-refractivity contribution in [3.8, 4) is 0 Å². The number of hydrogen-bond acceptors (Lipinski definition) is 1. The standard InChI is InChI=1S/C13H21ClF3NO/c1-12(2,8-14)18(3)11(19)9-6-4-5-7-10(9)13(15,16)17/h9-10H,4-8H2,1-3H3. The molecule has 19 heavy (non-hydrogen) atoms. The summed E-state index contributed by atoms with van der Waals surface area (Å²) in [7, 11) is 1.53. The summed E-state index contributed by atoms with van der Waals surface area (Å²) in [5, 5.41) is 0. The van der Waals surface area contributed by atoms with Gasteiger partial charge in [0, 0.05) is 18.8 Å². The lowest BCUT2D eigenvalue weighted by atomic mass is 9.77. The molecular weight excluding hydrogens is 279 g/mol. The average Bonchev–Trinajstić information content (AvgIpc) is 2.36. The second kappa shape index (κ2) is 5.90. The summed E-state index contributed by atoms with van der Waals surface area (Å²) in [6, 6.07) is 0. The van der Waals surface area contributed by atoms with Gasteiger partial charge in [-0.2, -0.15) is 13.2 Å². The van der Waals surface area contributed by atoms with Crippen LogP contribution in [-0.2, 0) is 4.79 Å². The van der Waals surface area contributed by atoms with Crippen LogP contribution in [0, 0.1) is 11.8 Å². The Balaban J connectivity index is 2.89. The van der Waals surface area contributed by atoms with Crippen molar-refractivity contribution in [3.63, 3.8) is 0 Å². The fraction of sp³-hybridized carbons (Fsp3) is 0.923. The molecule has 1 aliphatic carbocycles. The minimum Gasteiger partial charge on any atom is -0.339 e. The highest BCUT2D eigenvalue weighted by atomic mass is 35.5. The molecule has 0 radical (unpaired) electrons. The molecular formula is C13H21ClF3NO. The minimum atomic E-state index is -4.30. The van der Waals surface area contributed by atoms with E-state index in [1.165, 1.54) is 11.9 Å². The van der Waals surface area contributed by atoms with Crippen LogP contribution in [0.3, 0.4) is 0 Å². The Bertz CT molecular complexity index is 330. The first-order valence-electron chi connectivity index (χ1n) is 6.51. The summed E-state index contributed by atoms with van der Waals surface area (Å²) in [6.45, 7) is 3.51. The Morgan fingerprint density at radius 1 is 1.26 bits per heavy atom. The van der Waals surface area contributed by atoms with Crippen LogP contribution < -0.4 is 0 Å². The van der Waals surface area contributed by atoms with Crippen LogP contribution in [0.2, 0.25) is 0 Å². The maximum Gasteiger partial charge on any atom is 0.392 e. The molecule has 0 aromatic heterocycles. The van der Waals surface area contributed by atoms with Crippen molar-refractivity contribution in [1.29, 1.82) is 0 Å². The van der Waals surface area contributed by atoms with Crippen molar-refractivity contribution < 1.29 is 18.0 Å². The van der Waals surface area contributed by atoms with E-state index < -0.39 is 29.5 Å². The third kappa shape index (κ3) is 3.77. The van der Waals surface area contributed by atoms with E-state index >= 15 is 0 Å². The summed E-state index contributed by atoms with van der Waals surface area (Å²) in [4.78, 5) is 13.7. The molecule has 1 amide bonds. The second-order valence-corrected chi connectivity index (χ2v) is 6.15. The zero-order valence-electron chi connectivity index (χ0n) is 11.6. The maximum atomic E-state index is 13.0. The van der Waals surface area contributed by atoms with Crippen molar-refractivity contribution in [2.75, 3.05) is 12.9 Å². The molecule has 0 saturated heterocycles. The highest BCUT2D eigenvalue weighted by Crippen LogP contribution is 2.42. The first-order valence-corrected chi connectivity index (χ1v) is 7.05. The Kier molecular flexibility index (Phi) is 5.15. The maximum absolute atomic E-state index is 13.0. The Morgan fingerprint density at radius 2 is 1.79 bits per heavy atom. The molecule has 1 fully saturated rings. The predicted octanol–water partition coefficient (Wildman–Crippen LogP) is 3.83. The van der Waals surface area contributed by atoms with E-state index in [-0.39, 0.29) is 12.3 Å². The lowest BCUT2D eigenvalue weighted by molar-refractivity contribution is -0.201. The van der Waals surface area contributed by atoms with Crippen LogP contribution in [0.25, 0.3) is 0 Å². The van der Waals surface area contributed by atoms with Gasteiger partial charge in [0.15, 0.2) is 0 Å². The number of rotatable bonds is 3. The molecule has 112 valence electrons. The third-order valence-corrected chi connectivity index (χ3v) is 4.72. The van der Waals surface area contributed by atoms with Crippen molar-refractivity contribution in [1.82, 2.24) is 4.90 Å². The van der Waals surface area contributed by atoms with E-state index in [0.717, 1.165) is 0 Å². The van der Waals surface area contributed by atoms with Crippen LogP contribution in [-0.4, -0.2) is 35.4 Å². The van der Waals surface area contributed by atoms with E-state index in [2.05, 4.69) is 0 Å². The van der Waals surface area contributed by atoms with Gasteiger partial charge in [-0.1, -0.05) is 12.8 Å². The van der Waals surface area contributed by atoms with Crippen molar-refractivity contribution in [3.05, 3.63) is 0 Å². The van der Waals surface area contributed by atoms with Gasteiger partial charge in [-0.05, 0) is 26.7 Å². The fourth-order valence-corrected chi connectivity index (χ4v) is 2.63. The molecule has 1 rings (SSSR count). The van der Waals surface area contributed by atoms with Gasteiger partial charge in [-0.25, -0.2) is 0 Å². The smallest absolute Gasteiger partial charge is 0.339 e. The number of amides is 1. The van der Waals surface area contributed by atoms with Crippen LogP contribution in [0.4, 0.5) is 13.2 Å². The van der Waals surface area contributed by atoms with Crippen LogP contribution in [0.15, 0.2) is 0 Å². The topological polar surface area (TPSA) is 20.3 Å². The molecule has 0 aromatic rings. The molecule has 6 heteroatoms. The van der Waals surface area contributed by atoms with E-state index in [0.29, 0.717) is 19.3 Å². The summed E-state index contributed by atoms with van der Waals surface area (Å²) < 4.78 is 39.0. The number of carbonyl (C=O) groups is 1. The molecule has 2 unspecified atom stereocenters. The monoisotopic (exact) mass is 299 g/mol. The summed E-state index contributed by atoms with van der Waals surface area (Å²) in [5.41, 5.74) is -0.633. The van der Waals surface area contributed by atoms with Crippen LogP contribution >= 0.6 is 11.6 Å². The summed E-state index contributed by atoms with van der Waals surface area (Å²) in [5.74, 6) is -2.71. The molecule has 0 aliphatic heterocycles. The third-order valence-electron chi connectivity index (χ3n) is 4.07. The average molecular weight is 300 g/mol. The van der Waals surface area contributed by atoms with E-state index in [9.17, 15) is 18.0 Å². The van der Waals surface area contributed by atoms with Crippen LogP contribution in [0.5, 0.6) is 0 Å². The van der Waals surface area contributed by atoms with Gasteiger partial charge in [0.25, 0.3) is 0 Å². The Morgan fingerprint density at radius 3 is 2.26 bits per heavy atom. The number of alkyl halides is 4. The van der Waals surface area contributed by atoms with Crippen molar-refractivity contribution >= 4 is 17.5 Å². The molecule has 2 nitrogen and oxygen atoms in total. The fourth-order valence-electron chi connectivity index (χ4n) is 2.45. The highest BCUT2D eigenvalue weighted by molar-refractivity contribution is 6.18. The number of carbonyl (C=O) groups excluding carboxylic acids is 1. The van der Waals surface area contributed by atoms with Crippen molar-refractivity contribution in [2.24, 2.45) is 11.8 Å². The van der Waals surface area contributed by atoms with Gasteiger partial charge in [0.05, 0.1) is 11.5 Å². The Hall–Kier alpha value is -0.450. The predicted molar refractivity (Wildman–Crippen MR) is 69.1 cm³/mol. The first kappa shape index (κ1) is 16.6. The zero-order valence-corrected chi connectivity index (χ0v) is 12.3. The van der Waals surface area contributed by atoms with E-state index in [1.54, 1.807) is 13.8 Å². The minimum absolute atomic E-state index is 0.0506. The highest BCUT2D eigenvalue weighted by Gasteiger charge is 2.49. The molecule has 1 saturated carbocycles. The van der Waals surface area contributed by atoms with Gasteiger partial charge < -0.3 is 4.90 Å².